The van der Waals surface area contributed by atoms with Crippen LogP contribution in [0.15, 0.2) is 12.1 Å². The number of benzene rings is 2. The van der Waals surface area contributed by atoms with Crippen molar-refractivity contribution < 1.29 is 10.4 Å². The van der Waals surface area contributed by atoms with Crippen LogP contribution < -0.4 is 0 Å². The van der Waals surface area contributed by atoms with Gasteiger partial charge >= 0.3 is 12.1 Å². The van der Waals surface area contributed by atoms with Gasteiger partial charge in [-0.05, 0) is 92.5 Å². The summed E-state index contributed by atoms with van der Waals surface area (Å²) < 4.78 is 0. The van der Waals surface area contributed by atoms with Crippen LogP contribution in [0, 0.1) is 53.7 Å². The monoisotopic (exact) mass is 336 g/mol. The number of rotatable bonds is 2. The molecule has 0 aliphatic heterocycles. The van der Waals surface area contributed by atoms with Gasteiger partial charge in [0.05, 0.1) is 0 Å². The van der Waals surface area contributed by atoms with Crippen LogP contribution in [0.3, 0.4) is 0 Å². The van der Waals surface area contributed by atoms with Gasteiger partial charge in [-0.1, -0.05) is 12.1 Å². The first kappa shape index (κ1) is 18.4. The van der Waals surface area contributed by atoms with Crippen LogP contribution >= 0.6 is 0 Å². The first-order chi connectivity index (χ1) is 11.8. The summed E-state index contributed by atoms with van der Waals surface area (Å²) in [6, 6.07) is 9.56. The molecule has 0 radical (unpaired) electrons. The van der Waals surface area contributed by atoms with Crippen molar-refractivity contribution in [3.8, 4) is 12.1 Å². The van der Waals surface area contributed by atoms with Crippen molar-refractivity contribution in [3.63, 3.8) is 0 Å². The second kappa shape index (κ2) is 7.28. The van der Waals surface area contributed by atoms with Crippen molar-refractivity contribution in [3.05, 3.63) is 77.8 Å². The molecular weight excluding hydrogens is 312 g/mol. The molecule has 2 aromatic carbocycles. The van der Waals surface area contributed by atoms with Gasteiger partial charge in [-0.3, -0.25) is 0 Å². The van der Waals surface area contributed by atoms with E-state index in [1.807, 2.05) is 27.7 Å². The van der Waals surface area contributed by atoms with Gasteiger partial charge in [-0.15, -0.1) is 0 Å². The third kappa shape index (κ3) is 3.44. The van der Waals surface area contributed by atoms with Crippen molar-refractivity contribution in [2.24, 2.45) is 0 Å². The van der Waals surface area contributed by atoms with Gasteiger partial charge in [0, 0.05) is 0 Å². The van der Waals surface area contributed by atoms with E-state index in [-0.39, 0.29) is 0 Å². The Balaban J connectivity index is 2.68. The molecule has 128 valence electrons. The van der Waals surface area contributed by atoms with Crippen molar-refractivity contribution in [1.29, 1.82) is 0 Å². The number of hydrogen-bond donors (Lipinski definition) is 2. The van der Waals surface area contributed by atoms with Gasteiger partial charge in [0.2, 0.25) is 10.0 Å². The summed E-state index contributed by atoms with van der Waals surface area (Å²) in [4.78, 5) is 0. The van der Waals surface area contributed by atoms with Gasteiger partial charge in [-0.25, -0.2) is 0 Å². The molecule has 2 rings (SSSR count). The molecule has 4 nitrogen and oxygen atoms in total. The van der Waals surface area contributed by atoms with E-state index in [0.717, 1.165) is 39.8 Å². The zero-order chi connectivity index (χ0) is 18.7. The summed E-state index contributed by atoms with van der Waals surface area (Å²) in [6.45, 7) is 12.2. The van der Waals surface area contributed by atoms with Crippen molar-refractivity contribution in [2.75, 3.05) is 0 Å². The zero-order valence-electron chi connectivity index (χ0n) is 15.7. The molecule has 0 atom stereocenters. The van der Waals surface area contributed by atoms with Gasteiger partial charge in [0.15, 0.2) is 0 Å². The molecule has 4 heteroatoms. The molecule has 0 saturated carbocycles. The fourth-order valence-electron chi connectivity index (χ4n) is 3.62. The SMILES string of the molecule is Cc1cc(C)c(Cc2c(C)cc(C)c(C#[N+]O)c2C)c(C)c1C#[N+]O. The highest BCUT2D eigenvalue weighted by Crippen LogP contribution is 2.29. The lowest BCUT2D eigenvalue weighted by molar-refractivity contribution is 0.464. The van der Waals surface area contributed by atoms with Crippen LogP contribution in [0.4, 0.5) is 0 Å². The Morgan fingerprint density at radius 1 is 0.680 bits per heavy atom. The Hall–Kier alpha value is -2.98. The summed E-state index contributed by atoms with van der Waals surface area (Å²) in [5.74, 6) is 0. The number of nitrogens with zero attached hydrogens (tertiary/aromatic N) is 2. The molecular formula is C21H24N2O2+2. The highest BCUT2D eigenvalue weighted by atomic mass is 16.4. The van der Waals surface area contributed by atoms with E-state index in [1.54, 1.807) is 0 Å². The minimum atomic E-state index is 0.746. The first-order valence-electron chi connectivity index (χ1n) is 8.21. The van der Waals surface area contributed by atoms with Crippen molar-refractivity contribution in [1.82, 2.24) is 0 Å². The quantitative estimate of drug-likeness (QED) is 0.734. The third-order valence-corrected chi connectivity index (χ3v) is 4.94. The Morgan fingerprint density at radius 2 is 1.04 bits per heavy atom. The highest BCUT2D eigenvalue weighted by molar-refractivity contribution is 5.56. The largest absolute Gasteiger partial charge is 0.388 e. The predicted octanol–water partition coefficient (Wildman–Crippen LogP) is 5.27. The van der Waals surface area contributed by atoms with E-state index in [9.17, 15) is 0 Å². The van der Waals surface area contributed by atoms with Crippen LogP contribution in [0.5, 0.6) is 0 Å². The Labute approximate surface area is 148 Å². The maximum atomic E-state index is 8.90. The van der Waals surface area contributed by atoms with Gasteiger partial charge in [0.25, 0.3) is 0 Å². The zero-order valence-corrected chi connectivity index (χ0v) is 15.7. The first-order valence-corrected chi connectivity index (χ1v) is 8.21. The molecule has 0 saturated heterocycles. The normalized spacial score (nSPS) is 9.84. The molecule has 0 heterocycles. The molecule has 0 spiro atoms. The van der Waals surface area contributed by atoms with E-state index in [2.05, 4.69) is 48.1 Å². The number of aryl methyl sites for hydroxylation is 4. The maximum Gasteiger partial charge on any atom is 0.388 e. The van der Waals surface area contributed by atoms with Gasteiger partial charge < -0.3 is 0 Å². The smallest absolute Gasteiger partial charge is 0.177 e. The molecule has 25 heavy (non-hydrogen) atoms. The van der Waals surface area contributed by atoms with Gasteiger partial charge in [0.1, 0.15) is 11.1 Å². The van der Waals surface area contributed by atoms with E-state index < -0.39 is 0 Å². The molecule has 2 aromatic rings. The average Bonchev–Trinajstić information content (AvgIpc) is 2.54. The molecule has 0 bridgehead atoms. The molecule has 0 aliphatic carbocycles. The molecule has 0 aliphatic rings. The summed E-state index contributed by atoms with van der Waals surface area (Å²) in [7, 11) is 0. The fourth-order valence-corrected chi connectivity index (χ4v) is 3.62. The summed E-state index contributed by atoms with van der Waals surface area (Å²) in [5, 5.41) is 24.0. The van der Waals surface area contributed by atoms with Crippen LogP contribution in [0.1, 0.15) is 55.6 Å². The van der Waals surface area contributed by atoms with Crippen LogP contribution in [-0.4, -0.2) is 10.4 Å². The van der Waals surface area contributed by atoms with E-state index in [0.29, 0.717) is 0 Å². The summed E-state index contributed by atoms with van der Waals surface area (Å²) in [6.07, 6.45) is 0.746. The lowest BCUT2D eigenvalue weighted by Crippen LogP contribution is -2.05. The van der Waals surface area contributed by atoms with E-state index >= 15 is 0 Å². The molecule has 0 fully saturated rings. The predicted molar refractivity (Wildman–Crippen MR) is 100 cm³/mol. The van der Waals surface area contributed by atoms with Crippen molar-refractivity contribution in [2.45, 2.75) is 48.0 Å². The van der Waals surface area contributed by atoms with Gasteiger partial charge in [-0.2, -0.15) is 10.4 Å². The lowest BCUT2D eigenvalue weighted by Gasteiger charge is -2.17. The van der Waals surface area contributed by atoms with E-state index in [1.165, 1.54) is 22.3 Å². The third-order valence-electron chi connectivity index (χ3n) is 4.94. The molecule has 0 unspecified atom stereocenters. The van der Waals surface area contributed by atoms with E-state index in [4.69, 9.17) is 10.4 Å². The topological polar surface area (TPSA) is 49.2 Å². The Kier molecular flexibility index (Phi) is 5.35. The maximum absolute atomic E-state index is 8.90. The second-order valence-corrected chi connectivity index (χ2v) is 6.58. The minimum Gasteiger partial charge on any atom is -0.177 e. The fraction of sp³-hybridized carbons (Fsp3) is 0.333. The van der Waals surface area contributed by atoms with Crippen LogP contribution in [0.2, 0.25) is 0 Å². The standard InChI is InChI=1S/C21H22N2O2/c1-12-7-14(3)20(10-22-24)16(5)18(12)9-19-13(2)8-15(4)21(11-23-25)17(19)6/h7-8H,9H2,1-6H3/p+2. The number of hydrogen-bond acceptors (Lipinski definition) is 2. The molecule has 2 N–H and O–H groups in total. The summed E-state index contributed by atoms with van der Waals surface area (Å²) >= 11 is 0. The molecule has 0 aromatic heterocycles. The summed E-state index contributed by atoms with van der Waals surface area (Å²) in [5.41, 5.74) is 10.6. The highest BCUT2D eigenvalue weighted by Gasteiger charge is 2.18. The van der Waals surface area contributed by atoms with Crippen LogP contribution in [0.25, 0.3) is 10.0 Å². The Morgan fingerprint density at radius 3 is 1.36 bits per heavy atom. The van der Waals surface area contributed by atoms with Crippen molar-refractivity contribution >= 4 is 0 Å². The Bertz CT molecular complexity index is 888. The lowest BCUT2D eigenvalue weighted by atomic mass is 9.85. The molecule has 0 amide bonds. The average molecular weight is 336 g/mol. The second-order valence-electron chi connectivity index (χ2n) is 6.58. The minimum absolute atomic E-state index is 0.746. The van der Waals surface area contributed by atoms with Crippen LogP contribution in [-0.2, 0) is 6.42 Å².